The SMILES string of the molecule is CNC(c1ccc(CC(=O)C2(c3ccc4c(c3)OCO4)CC2)nc1)c1ccccc1OC.[HH]. The number of aromatic nitrogens is 1. The van der Waals surface area contributed by atoms with Gasteiger partial charge in [0.15, 0.2) is 11.5 Å². The molecule has 6 heteroatoms. The van der Waals surface area contributed by atoms with Gasteiger partial charge in [0.1, 0.15) is 11.5 Å². The van der Waals surface area contributed by atoms with Gasteiger partial charge < -0.3 is 19.5 Å². The van der Waals surface area contributed by atoms with Crippen molar-refractivity contribution in [2.75, 3.05) is 21.0 Å². The van der Waals surface area contributed by atoms with E-state index in [4.69, 9.17) is 14.2 Å². The Hall–Kier alpha value is -3.38. The third-order valence-electron chi connectivity index (χ3n) is 6.47. The molecule has 1 aliphatic carbocycles. The molecule has 2 aliphatic rings. The number of para-hydroxylation sites is 1. The average Bonchev–Trinajstić information content (AvgIpc) is 3.52. The van der Waals surface area contributed by atoms with Gasteiger partial charge in [0, 0.05) is 25.3 Å². The number of ether oxygens (including phenoxy) is 3. The summed E-state index contributed by atoms with van der Waals surface area (Å²) in [7, 11) is 3.59. The van der Waals surface area contributed by atoms with Crippen molar-refractivity contribution in [1.82, 2.24) is 10.3 Å². The quantitative estimate of drug-likeness (QED) is 0.575. The van der Waals surface area contributed by atoms with Gasteiger partial charge in [-0.25, -0.2) is 0 Å². The predicted molar refractivity (Wildman–Crippen MR) is 122 cm³/mol. The molecule has 2 aromatic carbocycles. The molecule has 3 aromatic rings. The van der Waals surface area contributed by atoms with Gasteiger partial charge in [0.05, 0.1) is 18.6 Å². The number of nitrogens with one attached hydrogen (secondary N) is 1. The van der Waals surface area contributed by atoms with Crippen molar-refractivity contribution in [3.63, 3.8) is 0 Å². The number of carbonyl (C=O) groups is 1. The minimum Gasteiger partial charge on any atom is -0.496 e. The highest BCUT2D eigenvalue weighted by Crippen LogP contribution is 2.51. The second kappa shape index (κ2) is 8.28. The number of rotatable bonds is 8. The number of hydrogen-bond acceptors (Lipinski definition) is 6. The van der Waals surface area contributed by atoms with E-state index in [0.717, 1.165) is 52.5 Å². The van der Waals surface area contributed by atoms with Gasteiger partial charge >= 0.3 is 0 Å². The van der Waals surface area contributed by atoms with Crippen LogP contribution in [-0.2, 0) is 16.6 Å². The van der Waals surface area contributed by atoms with Crippen molar-refractivity contribution in [3.8, 4) is 17.2 Å². The first-order valence-electron chi connectivity index (χ1n) is 10.8. The molecule has 0 amide bonds. The third-order valence-corrected chi connectivity index (χ3v) is 6.47. The summed E-state index contributed by atoms with van der Waals surface area (Å²) in [5.74, 6) is 2.49. The summed E-state index contributed by atoms with van der Waals surface area (Å²) in [5, 5.41) is 3.34. The van der Waals surface area contributed by atoms with Crippen LogP contribution in [0.2, 0.25) is 0 Å². The molecular formula is C26H28N2O4. The van der Waals surface area contributed by atoms with E-state index in [1.54, 1.807) is 7.11 Å². The summed E-state index contributed by atoms with van der Waals surface area (Å²) >= 11 is 0. The Morgan fingerprint density at radius 3 is 2.69 bits per heavy atom. The second-order valence-electron chi connectivity index (χ2n) is 8.30. The van der Waals surface area contributed by atoms with E-state index >= 15 is 0 Å². The molecular weight excluding hydrogens is 404 g/mol. The summed E-state index contributed by atoms with van der Waals surface area (Å²) in [5.41, 5.74) is 3.43. The van der Waals surface area contributed by atoms with Gasteiger partial charge in [-0.3, -0.25) is 9.78 Å². The fourth-order valence-corrected chi connectivity index (χ4v) is 4.50. The van der Waals surface area contributed by atoms with Crippen molar-refractivity contribution in [1.29, 1.82) is 0 Å². The Labute approximate surface area is 189 Å². The van der Waals surface area contributed by atoms with Crippen LogP contribution in [0.4, 0.5) is 0 Å². The maximum absolute atomic E-state index is 13.2. The summed E-state index contributed by atoms with van der Waals surface area (Å²) in [6, 6.07) is 17.7. The lowest BCUT2D eigenvalue weighted by Crippen LogP contribution is -2.23. The third kappa shape index (κ3) is 3.60. The first kappa shape index (κ1) is 20.5. The van der Waals surface area contributed by atoms with Crippen molar-refractivity contribution >= 4 is 5.78 Å². The van der Waals surface area contributed by atoms with Gasteiger partial charge in [-0.15, -0.1) is 0 Å². The zero-order chi connectivity index (χ0) is 22.1. The summed E-state index contributed by atoms with van der Waals surface area (Å²) in [4.78, 5) is 17.9. The van der Waals surface area contributed by atoms with Crippen molar-refractivity contribution < 1.29 is 20.4 Å². The highest BCUT2D eigenvalue weighted by atomic mass is 16.7. The minimum absolute atomic E-state index is 0. The van der Waals surface area contributed by atoms with Gasteiger partial charge in [0.25, 0.3) is 0 Å². The molecule has 1 atom stereocenters. The molecule has 32 heavy (non-hydrogen) atoms. The van der Waals surface area contributed by atoms with Crippen LogP contribution in [0.3, 0.4) is 0 Å². The maximum Gasteiger partial charge on any atom is 0.231 e. The van der Waals surface area contributed by atoms with Crippen LogP contribution >= 0.6 is 0 Å². The van der Waals surface area contributed by atoms with E-state index in [9.17, 15) is 4.79 Å². The van der Waals surface area contributed by atoms with Gasteiger partial charge in [-0.1, -0.05) is 30.3 Å². The largest absolute Gasteiger partial charge is 0.496 e. The summed E-state index contributed by atoms with van der Waals surface area (Å²) in [6.45, 7) is 0.235. The van der Waals surface area contributed by atoms with E-state index in [1.807, 2.05) is 67.8 Å². The Morgan fingerprint density at radius 2 is 1.97 bits per heavy atom. The number of carbonyl (C=O) groups excluding carboxylic acids is 1. The number of Topliss-reactive ketones (excluding diaryl/α,β-unsaturated/α-hetero) is 1. The lowest BCUT2D eigenvalue weighted by atomic mass is 9.88. The smallest absolute Gasteiger partial charge is 0.231 e. The Kier molecular flexibility index (Phi) is 5.31. The number of ketones is 1. The van der Waals surface area contributed by atoms with Gasteiger partial charge in [-0.2, -0.15) is 0 Å². The highest BCUT2D eigenvalue weighted by molar-refractivity contribution is 5.94. The zero-order valence-corrected chi connectivity index (χ0v) is 18.3. The Morgan fingerprint density at radius 1 is 1.16 bits per heavy atom. The molecule has 1 unspecified atom stereocenters. The normalized spacial score (nSPS) is 16.4. The molecule has 0 spiro atoms. The standard InChI is InChI=1S/C26H26N2O4.H2/c1-27-25(20-5-3-4-6-21(20)30-2)17-7-9-19(28-15-17)14-24(29)26(11-12-26)18-8-10-22-23(13-18)32-16-31-22;/h3-10,13,15,25,27H,11-12,14,16H2,1-2H3;1H. The molecule has 1 saturated carbocycles. The topological polar surface area (TPSA) is 69.7 Å². The Balaban J connectivity index is 0.00000259. The lowest BCUT2D eigenvalue weighted by molar-refractivity contribution is -0.120. The van der Waals surface area contributed by atoms with Crippen molar-refractivity contribution in [2.24, 2.45) is 0 Å². The maximum atomic E-state index is 13.2. The highest BCUT2D eigenvalue weighted by Gasteiger charge is 2.50. The fraction of sp³-hybridized carbons (Fsp3) is 0.308. The molecule has 1 aliphatic heterocycles. The molecule has 1 N–H and O–H groups in total. The molecule has 166 valence electrons. The van der Waals surface area contributed by atoms with E-state index in [-0.39, 0.29) is 20.0 Å². The first-order chi connectivity index (χ1) is 15.6. The van der Waals surface area contributed by atoms with Crippen LogP contribution < -0.4 is 19.5 Å². The molecule has 1 aromatic heterocycles. The molecule has 0 radical (unpaired) electrons. The molecule has 0 bridgehead atoms. The number of hydrogen-bond donors (Lipinski definition) is 1. The van der Waals surface area contributed by atoms with Gasteiger partial charge in [0.2, 0.25) is 6.79 Å². The minimum atomic E-state index is -0.424. The number of pyridine rings is 1. The lowest BCUT2D eigenvalue weighted by Gasteiger charge is -2.20. The number of nitrogens with zero attached hydrogens (tertiary/aromatic N) is 1. The van der Waals surface area contributed by atoms with Crippen molar-refractivity contribution in [3.05, 3.63) is 83.2 Å². The zero-order valence-electron chi connectivity index (χ0n) is 18.3. The average molecular weight is 433 g/mol. The van der Waals surface area contributed by atoms with Crippen LogP contribution in [0.15, 0.2) is 60.8 Å². The number of benzene rings is 2. The molecule has 5 rings (SSSR count). The number of methoxy groups -OCH3 is 1. The van der Waals surface area contributed by atoms with E-state index in [2.05, 4.69) is 10.3 Å². The number of fused-ring (bicyclic) bond motifs is 1. The predicted octanol–water partition coefficient (Wildman–Crippen LogP) is 4.22. The van der Waals surface area contributed by atoms with Crippen LogP contribution in [0.5, 0.6) is 17.2 Å². The summed E-state index contributed by atoms with van der Waals surface area (Å²) < 4.78 is 16.4. The van der Waals surface area contributed by atoms with E-state index in [0.29, 0.717) is 6.42 Å². The molecule has 1 fully saturated rings. The first-order valence-corrected chi connectivity index (χ1v) is 10.8. The molecule has 0 saturated heterocycles. The van der Waals surface area contributed by atoms with Crippen LogP contribution in [0.25, 0.3) is 0 Å². The monoisotopic (exact) mass is 432 g/mol. The van der Waals surface area contributed by atoms with Crippen LogP contribution in [0.1, 0.15) is 42.7 Å². The second-order valence-corrected chi connectivity index (χ2v) is 8.30. The van der Waals surface area contributed by atoms with E-state index in [1.165, 1.54) is 0 Å². The fourth-order valence-electron chi connectivity index (χ4n) is 4.50. The summed E-state index contributed by atoms with van der Waals surface area (Å²) in [6.07, 6.45) is 3.88. The van der Waals surface area contributed by atoms with Gasteiger partial charge in [-0.05, 0) is 55.3 Å². The van der Waals surface area contributed by atoms with Crippen LogP contribution in [0, 0.1) is 0 Å². The van der Waals surface area contributed by atoms with Crippen LogP contribution in [-0.4, -0.2) is 31.7 Å². The molecule has 2 heterocycles. The Bertz CT molecular complexity index is 1150. The molecule has 6 nitrogen and oxygen atoms in total. The van der Waals surface area contributed by atoms with Crippen molar-refractivity contribution in [2.45, 2.75) is 30.7 Å². The van der Waals surface area contributed by atoms with E-state index < -0.39 is 5.41 Å².